The number of benzene rings is 3. The van der Waals surface area contributed by atoms with E-state index in [1.807, 2.05) is 18.2 Å². The maximum Gasteiger partial charge on any atom is 0.261 e. The van der Waals surface area contributed by atoms with Gasteiger partial charge in [-0.3, -0.25) is 9.52 Å². The van der Waals surface area contributed by atoms with Crippen molar-refractivity contribution in [2.24, 2.45) is 0 Å². The second-order valence-corrected chi connectivity index (χ2v) is 13.0. The van der Waals surface area contributed by atoms with Crippen LogP contribution in [0.5, 0.6) is 5.75 Å². The van der Waals surface area contributed by atoms with Crippen LogP contribution < -0.4 is 14.8 Å². The Hall–Kier alpha value is -3.73. The molecule has 39 heavy (non-hydrogen) atoms. The average Bonchev–Trinajstić information content (AvgIpc) is 3.53. The quantitative estimate of drug-likeness (QED) is 0.219. The minimum absolute atomic E-state index is 0.0718. The Morgan fingerprint density at radius 2 is 1.67 bits per heavy atom. The summed E-state index contributed by atoms with van der Waals surface area (Å²) in [5.74, 6) is 0.167. The number of nitrogens with zero attached hydrogens (tertiary/aromatic N) is 1. The zero-order valence-corrected chi connectivity index (χ0v) is 23.5. The highest BCUT2D eigenvalue weighted by Gasteiger charge is 2.26. The van der Waals surface area contributed by atoms with Gasteiger partial charge in [0.2, 0.25) is 0 Å². The summed E-state index contributed by atoms with van der Waals surface area (Å²) in [6.07, 6.45) is 4.15. The van der Waals surface area contributed by atoms with E-state index < -0.39 is 10.0 Å². The van der Waals surface area contributed by atoms with Crippen molar-refractivity contribution in [3.8, 4) is 16.3 Å². The Balaban J connectivity index is 1.33. The Kier molecular flexibility index (Phi) is 6.84. The van der Waals surface area contributed by atoms with Crippen LogP contribution in [0.2, 0.25) is 0 Å². The van der Waals surface area contributed by atoms with Gasteiger partial charge in [-0.15, -0.1) is 22.7 Å². The lowest BCUT2D eigenvalue weighted by molar-refractivity contribution is 0.102. The molecule has 1 aliphatic carbocycles. The molecule has 2 heterocycles. The van der Waals surface area contributed by atoms with E-state index in [0.29, 0.717) is 5.75 Å². The standard InChI is InChI=1S/C29H25N3O4S3/c1-36-18-14-16-19(17-15-18)39(34,35)32-22-10-4-2-8-20(22)27(33)31-29-26(21-9-3-6-12-24(21)37-29)28-30-23-11-5-7-13-25(23)38-28/h2,4-5,7-8,10-11,13-17,32H,3,6,9,12H2,1H3,(H,31,33). The van der Waals surface area contributed by atoms with Gasteiger partial charge in [0.1, 0.15) is 15.8 Å². The summed E-state index contributed by atoms with van der Waals surface area (Å²) in [7, 11) is -2.41. The molecule has 0 atom stereocenters. The van der Waals surface area contributed by atoms with E-state index in [-0.39, 0.29) is 22.1 Å². The minimum Gasteiger partial charge on any atom is -0.497 e. The predicted molar refractivity (Wildman–Crippen MR) is 158 cm³/mol. The number of hydrogen-bond acceptors (Lipinski definition) is 7. The van der Waals surface area contributed by atoms with Crippen LogP contribution >= 0.6 is 22.7 Å². The molecule has 0 radical (unpaired) electrons. The Bertz CT molecular complexity index is 1760. The van der Waals surface area contributed by atoms with E-state index in [2.05, 4.69) is 16.1 Å². The van der Waals surface area contributed by atoms with Gasteiger partial charge in [-0.05, 0) is 79.8 Å². The number of thiophene rings is 1. The first-order valence-corrected chi connectivity index (χ1v) is 15.6. The molecule has 7 nitrogen and oxygen atoms in total. The van der Waals surface area contributed by atoms with Gasteiger partial charge in [-0.2, -0.15) is 0 Å². The lowest BCUT2D eigenvalue weighted by atomic mass is 9.95. The Labute approximate surface area is 234 Å². The molecule has 2 N–H and O–H groups in total. The fraction of sp³-hybridized carbons (Fsp3) is 0.172. The zero-order valence-electron chi connectivity index (χ0n) is 21.1. The molecule has 0 fully saturated rings. The molecule has 198 valence electrons. The maximum atomic E-state index is 13.6. The summed E-state index contributed by atoms with van der Waals surface area (Å²) in [6, 6.07) is 20.7. The number of thiazole rings is 1. The second kappa shape index (κ2) is 10.4. The first-order valence-electron chi connectivity index (χ1n) is 12.5. The number of carbonyl (C=O) groups is 1. The monoisotopic (exact) mass is 575 g/mol. The number of ether oxygens (including phenoxy) is 1. The molecule has 1 aliphatic rings. The van der Waals surface area contributed by atoms with Crippen LogP contribution in [-0.2, 0) is 22.9 Å². The van der Waals surface area contributed by atoms with Crippen molar-refractivity contribution in [2.45, 2.75) is 30.6 Å². The lowest BCUT2D eigenvalue weighted by Gasteiger charge is -2.13. The van der Waals surface area contributed by atoms with E-state index >= 15 is 0 Å². The highest BCUT2D eigenvalue weighted by molar-refractivity contribution is 7.92. The molecule has 0 saturated heterocycles. The highest BCUT2D eigenvalue weighted by atomic mass is 32.2. The number of fused-ring (bicyclic) bond motifs is 2. The number of carbonyl (C=O) groups excluding carboxylic acids is 1. The molecule has 0 bridgehead atoms. The van der Waals surface area contributed by atoms with E-state index in [0.717, 1.165) is 51.5 Å². The van der Waals surface area contributed by atoms with Crippen molar-refractivity contribution >= 4 is 59.5 Å². The summed E-state index contributed by atoms with van der Waals surface area (Å²) < 4.78 is 35.0. The zero-order chi connectivity index (χ0) is 27.0. The topological polar surface area (TPSA) is 97.4 Å². The van der Waals surface area contributed by atoms with Gasteiger partial charge in [0.15, 0.2) is 0 Å². The van der Waals surface area contributed by atoms with E-state index in [1.54, 1.807) is 59.1 Å². The fourth-order valence-electron chi connectivity index (χ4n) is 4.76. The van der Waals surface area contributed by atoms with Gasteiger partial charge in [0.05, 0.1) is 33.5 Å². The molecule has 0 aliphatic heterocycles. The molecule has 1 amide bonds. The Morgan fingerprint density at radius 1 is 0.923 bits per heavy atom. The van der Waals surface area contributed by atoms with Crippen LogP contribution in [0.1, 0.15) is 33.6 Å². The van der Waals surface area contributed by atoms with Crippen LogP contribution in [0.3, 0.4) is 0 Å². The summed E-state index contributed by atoms with van der Waals surface area (Å²) in [4.78, 5) is 19.9. The van der Waals surface area contributed by atoms with Crippen LogP contribution in [0.15, 0.2) is 77.7 Å². The number of aryl methyl sites for hydroxylation is 1. The largest absolute Gasteiger partial charge is 0.497 e. The molecule has 10 heteroatoms. The van der Waals surface area contributed by atoms with E-state index in [1.165, 1.54) is 29.7 Å². The van der Waals surface area contributed by atoms with E-state index in [9.17, 15) is 13.2 Å². The van der Waals surface area contributed by atoms with Crippen molar-refractivity contribution in [2.75, 3.05) is 17.1 Å². The van der Waals surface area contributed by atoms with Gasteiger partial charge in [0, 0.05) is 10.4 Å². The molecule has 0 spiro atoms. The number of amides is 1. The molecular weight excluding hydrogens is 551 g/mol. The molecular formula is C29H25N3O4S3. The summed E-state index contributed by atoms with van der Waals surface area (Å²) in [5.41, 5.74) is 3.61. The van der Waals surface area contributed by atoms with Gasteiger partial charge >= 0.3 is 0 Å². The molecule has 0 unspecified atom stereocenters. The number of anilines is 2. The summed E-state index contributed by atoms with van der Waals surface area (Å²) >= 11 is 3.21. The predicted octanol–water partition coefficient (Wildman–Crippen LogP) is 6.97. The number of methoxy groups -OCH3 is 1. The number of rotatable bonds is 7. The third-order valence-electron chi connectivity index (χ3n) is 6.69. The van der Waals surface area contributed by atoms with Crippen molar-refractivity contribution in [1.82, 2.24) is 4.98 Å². The summed E-state index contributed by atoms with van der Waals surface area (Å²) in [5, 5.41) is 4.74. The smallest absolute Gasteiger partial charge is 0.261 e. The normalized spacial score (nSPS) is 13.2. The van der Waals surface area contributed by atoms with Gasteiger partial charge < -0.3 is 10.1 Å². The Morgan fingerprint density at radius 3 is 2.46 bits per heavy atom. The number of aromatic nitrogens is 1. The average molecular weight is 576 g/mol. The number of nitrogens with one attached hydrogen (secondary N) is 2. The van der Waals surface area contributed by atoms with Crippen molar-refractivity contribution in [1.29, 1.82) is 0 Å². The van der Waals surface area contributed by atoms with Crippen molar-refractivity contribution < 1.29 is 17.9 Å². The van der Waals surface area contributed by atoms with Gasteiger partial charge in [-0.25, -0.2) is 13.4 Å². The molecule has 2 aromatic heterocycles. The van der Waals surface area contributed by atoms with Crippen molar-refractivity contribution in [3.63, 3.8) is 0 Å². The molecule has 6 rings (SSSR count). The number of para-hydroxylation sites is 2. The summed E-state index contributed by atoms with van der Waals surface area (Å²) in [6.45, 7) is 0. The SMILES string of the molecule is COc1ccc(S(=O)(=O)Nc2ccccc2C(=O)Nc2sc3c(c2-c2nc4ccccc4s2)CCCC3)cc1. The molecule has 3 aromatic carbocycles. The third-order valence-corrected chi connectivity index (χ3v) is 10.3. The van der Waals surface area contributed by atoms with Crippen LogP contribution in [0.25, 0.3) is 20.8 Å². The number of sulfonamides is 1. The minimum atomic E-state index is -3.93. The lowest BCUT2D eigenvalue weighted by Crippen LogP contribution is -2.18. The second-order valence-electron chi connectivity index (χ2n) is 9.18. The highest BCUT2D eigenvalue weighted by Crippen LogP contribution is 2.46. The third kappa shape index (κ3) is 5.03. The molecule has 5 aromatic rings. The maximum absolute atomic E-state index is 13.6. The number of hydrogen-bond donors (Lipinski definition) is 2. The van der Waals surface area contributed by atoms with Crippen molar-refractivity contribution in [3.05, 3.63) is 88.8 Å². The van der Waals surface area contributed by atoms with Gasteiger partial charge in [0.25, 0.3) is 15.9 Å². The molecule has 0 saturated carbocycles. The van der Waals surface area contributed by atoms with E-state index in [4.69, 9.17) is 9.72 Å². The first kappa shape index (κ1) is 25.5. The van der Waals surface area contributed by atoms with Gasteiger partial charge in [-0.1, -0.05) is 24.3 Å². The van der Waals surface area contributed by atoms with Crippen LogP contribution in [0, 0.1) is 0 Å². The first-order chi connectivity index (χ1) is 18.9. The fourth-order valence-corrected chi connectivity index (χ4v) is 8.23. The van der Waals surface area contributed by atoms with Crippen LogP contribution in [0.4, 0.5) is 10.7 Å². The van der Waals surface area contributed by atoms with Crippen LogP contribution in [-0.4, -0.2) is 26.4 Å².